The number of amides is 2. The van der Waals surface area contributed by atoms with Crippen LogP contribution in [0, 0.1) is 5.53 Å². The summed E-state index contributed by atoms with van der Waals surface area (Å²) in [4.78, 5) is 67.7. The molecule has 14 heterocycles. The van der Waals surface area contributed by atoms with Crippen LogP contribution in [-0.2, 0) is 9.47 Å². The molecule has 0 radical (unpaired) electrons. The number of ether oxygens (including phenoxy) is 2. The molecule has 114 heavy (non-hydrogen) atoms. The van der Waals surface area contributed by atoms with Crippen LogP contribution in [0.2, 0.25) is 10.2 Å². The highest BCUT2D eigenvalue weighted by Crippen LogP contribution is 2.41. The Hall–Kier alpha value is -11.5. The maximum atomic E-state index is 12.3. The average Bonchev–Trinajstić information content (AvgIpc) is 1.60. The van der Waals surface area contributed by atoms with Gasteiger partial charge < -0.3 is 55.4 Å². The molecule has 11 aromatic heterocycles. The highest BCUT2D eigenvalue weighted by Gasteiger charge is 2.29. The first-order valence-corrected chi connectivity index (χ1v) is 39.4. The number of nitrogens with zero attached hydrogens (tertiary/aromatic N) is 22. The lowest BCUT2D eigenvalue weighted by Gasteiger charge is -2.29. The second-order valence-electron chi connectivity index (χ2n) is 30.1. The normalized spacial score (nSPS) is 16.2. The number of anilines is 6. The topological polar surface area (TPSA) is 397 Å². The third kappa shape index (κ3) is 20.7. The van der Waals surface area contributed by atoms with Gasteiger partial charge in [-0.2, -0.15) is 20.5 Å². The molecule has 17 rings (SSSR count). The summed E-state index contributed by atoms with van der Waals surface area (Å²) in [6.45, 7) is 15.3. The van der Waals surface area contributed by atoms with Crippen molar-refractivity contribution < 1.29 is 19.1 Å². The number of rotatable bonds is 13. The van der Waals surface area contributed by atoms with Crippen LogP contribution in [0.1, 0.15) is 167 Å². The number of fused-ring (bicyclic) bond motifs is 6. The molecule has 3 aliphatic carbocycles. The lowest BCUT2D eigenvalue weighted by molar-refractivity contribution is 0.0260. The van der Waals surface area contributed by atoms with Crippen LogP contribution in [0.4, 0.5) is 44.9 Å². The summed E-state index contributed by atoms with van der Waals surface area (Å²) >= 11 is 16.5. The summed E-state index contributed by atoms with van der Waals surface area (Å²) in [5.41, 5.74) is 22.4. The van der Waals surface area contributed by atoms with Crippen molar-refractivity contribution >= 4 is 143 Å². The van der Waals surface area contributed by atoms with Gasteiger partial charge in [0, 0.05) is 127 Å². The van der Waals surface area contributed by atoms with Gasteiger partial charge in [-0.25, -0.2) is 24.5 Å². The predicted octanol–water partition coefficient (Wildman–Crippen LogP) is 17.5. The number of nitrogens with one attached hydrogen (secondary N) is 5. The number of hydrogen-bond acceptors (Lipinski definition) is 26. The van der Waals surface area contributed by atoms with Crippen molar-refractivity contribution in [2.75, 3.05) is 61.0 Å². The van der Waals surface area contributed by atoms with Crippen molar-refractivity contribution in [3.8, 4) is 11.1 Å². The third-order valence-electron chi connectivity index (χ3n) is 19.9. The van der Waals surface area contributed by atoms with Crippen LogP contribution in [0.5, 0.6) is 0 Å². The van der Waals surface area contributed by atoms with Crippen LogP contribution in [0.25, 0.3) is 71.7 Å². The Morgan fingerprint density at radius 1 is 0.553 bits per heavy atom. The van der Waals surface area contributed by atoms with E-state index in [0.717, 1.165) is 141 Å². The van der Waals surface area contributed by atoms with E-state index >= 15 is 0 Å². The van der Waals surface area contributed by atoms with Gasteiger partial charge in [-0.15, -0.1) is 30.6 Å². The lowest BCUT2D eigenvalue weighted by Crippen LogP contribution is -2.39. The second kappa shape index (κ2) is 37.4. The summed E-state index contributed by atoms with van der Waals surface area (Å²) in [6.07, 6.45) is 38.8. The molecule has 11 aromatic rings. The Balaban J connectivity index is 0.000000134. The van der Waals surface area contributed by atoms with Gasteiger partial charge in [0.15, 0.2) is 16.8 Å². The second-order valence-corrected chi connectivity index (χ2v) is 31.0. The molecule has 0 saturated heterocycles. The van der Waals surface area contributed by atoms with E-state index in [1.165, 1.54) is 56.9 Å². The Kier molecular flexibility index (Phi) is 26.5. The van der Waals surface area contributed by atoms with Gasteiger partial charge in [-0.1, -0.05) is 84.6 Å². The molecule has 0 unspecified atom stereocenters. The molecule has 0 atom stereocenters. The summed E-state index contributed by atoms with van der Waals surface area (Å²) in [6, 6.07) is 18.6. The van der Waals surface area contributed by atoms with E-state index in [4.69, 9.17) is 53.9 Å². The van der Waals surface area contributed by atoms with Crippen molar-refractivity contribution in [2.24, 2.45) is 15.1 Å². The number of aromatic nitrogens is 17. The fraction of sp³-hybridized carbons (Fsp3) is 0.405. The number of pyridine rings is 3. The minimum atomic E-state index is -0.506. The third-order valence-corrected chi connectivity index (χ3v) is 20.5. The number of nitrogens with two attached hydrogens (primary N) is 1. The highest BCUT2D eigenvalue weighted by molar-refractivity contribution is 6.33. The van der Waals surface area contributed by atoms with Gasteiger partial charge in [-0.05, 0) is 188 Å². The molecule has 0 aromatic carbocycles. The Labute approximate surface area is 673 Å². The number of carbonyl (C=O) groups excluding carboxylic acids is 2. The molecule has 0 spiro atoms. The number of halogens is 3. The maximum absolute atomic E-state index is 12.3. The molecule has 7 N–H and O–H groups in total. The smallest absolute Gasteiger partial charge is 0.410 e. The van der Waals surface area contributed by atoms with E-state index in [-0.39, 0.29) is 18.1 Å². The SMILES string of the molecule is C1=C(c2ccc(Nc3ncc4c5ccncc5n(C5CCCC5)c4n3)nn2)CCNC1.CC(C)(C)OC(=O)N1CC=C(c2ccc(Cl)nn2)CC1.CC(C)(C)OC(=O)N1CC=C(c2ccc(Nc3ncc4c5ccncc5n(C5CCCC5)c4n3)nn2)CC1.N=NN=NCl.Nc1ncc(-c2ccncc2Cl)c(NC2CCCC2)n1. The van der Waals surface area contributed by atoms with E-state index < -0.39 is 11.2 Å². The molecule has 3 saturated carbocycles. The number of nitrogen functional groups attached to an aromatic ring is 1. The van der Waals surface area contributed by atoms with Crippen LogP contribution >= 0.6 is 35.0 Å². The summed E-state index contributed by atoms with van der Waals surface area (Å²) in [5.74, 6) is 3.25. The maximum Gasteiger partial charge on any atom is 0.410 e. The largest absolute Gasteiger partial charge is 0.444 e. The van der Waals surface area contributed by atoms with Crippen molar-refractivity contribution in [1.29, 1.82) is 5.53 Å². The van der Waals surface area contributed by atoms with Crippen molar-refractivity contribution in [3.05, 3.63) is 156 Å². The minimum absolute atomic E-state index is 0.263. The Morgan fingerprint density at radius 2 is 1.04 bits per heavy atom. The standard InChI is InChI=1S/C28H32N8O2.C23H24N8.C14H16ClN5.C14H18ClN3O2.ClHN4/c1-28(2,3)38-27(37)35-14-11-18(12-15-35)22-8-9-24(34-33-22)31-26-30-16-21-20-10-13-29-17-23(20)36(25(21)32-26)19-6-4-5-7-19;1-2-4-16(3-1)31-20-14-25-12-9-17(20)18-13-26-23(28-22(18)31)27-21-6-5-19(29-30-21)15-7-10-24-11-8-15;15-12-8-17-6-5-10(12)11-7-18-14(16)20-13(11)19-9-3-1-2-4-9;1-14(2,3)20-13(19)18-8-6-10(7-9-18)11-4-5-12(15)17-16-11;1-3-5-4-2/h8-11,13,16-17,19H,4-7,12,14-15H2,1-3H3,(H,30,31,32,34);5-7,9,12-14,16,24H,1-4,8,10-11H2,(H,26,27,28,30);5-9H,1-4H2,(H3,16,18,19,20);4-6H,7-9H2,1-3H3;2H. The average molecular weight is 1600 g/mol. The summed E-state index contributed by atoms with van der Waals surface area (Å²) in [7, 11) is 0. The van der Waals surface area contributed by atoms with Crippen molar-refractivity contribution in [2.45, 2.75) is 167 Å². The Morgan fingerprint density at radius 3 is 1.47 bits per heavy atom. The molecule has 6 aliphatic rings. The Bertz CT molecular complexity index is 5300. The van der Waals surface area contributed by atoms with E-state index in [2.05, 4.69) is 135 Å². The lowest BCUT2D eigenvalue weighted by atomic mass is 10.0. The van der Waals surface area contributed by atoms with Crippen molar-refractivity contribution in [1.82, 2.24) is 99.7 Å². The van der Waals surface area contributed by atoms with Crippen LogP contribution in [0.15, 0.2) is 144 Å². The molecule has 0 bridgehead atoms. The zero-order valence-corrected chi connectivity index (χ0v) is 66.7. The fourth-order valence-electron chi connectivity index (χ4n) is 14.6. The van der Waals surface area contributed by atoms with Gasteiger partial charge in [0.1, 0.15) is 28.3 Å². The molecular formula is C79H91Cl3N28O4. The molecular weight excluding hydrogens is 1510 g/mol. The van der Waals surface area contributed by atoms with Crippen LogP contribution < -0.4 is 27.0 Å². The monoisotopic (exact) mass is 1600 g/mol. The predicted molar refractivity (Wildman–Crippen MR) is 441 cm³/mol. The van der Waals surface area contributed by atoms with Gasteiger partial charge in [0.25, 0.3) is 0 Å². The van der Waals surface area contributed by atoms with Crippen LogP contribution in [0.3, 0.4) is 0 Å². The van der Waals surface area contributed by atoms with E-state index in [1.54, 1.807) is 34.5 Å². The summed E-state index contributed by atoms with van der Waals surface area (Å²) < 4.78 is 18.1. The van der Waals surface area contributed by atoms with E-state index in [9.17, 15) is 9.59 Å². The van der Waals surface area contributed by atoms with Gasteiger partial charge in [-0.3, -0.25) is 15.0 Å². The van der Waals surface area contributed by atoms with Gasteiger partial charge in [0.2, 0.25) is 17.8 Å². The molecule has 3 aliphatic heterocycles. The molecule has 592 valence electrons. The number of carbonyl (C=O) groups is 2. The fourth-order valence-corrected chi connectivity index (χ4v) is 14.9. The van der Waals surface area contributed by atoms with Crippen molar-refractivity contribution in [3.63, 3.8) is 0 Å². The van der Waals surface area contributed by atoms with E-state index in [0.29, 0.717) is 84.4 Å². The molecule has 3 fully saturated rings. The first kappa shape index (κ1) is 80.6. The van der Waals surface area contributed by atoms with Gasteiger partial charge in [0.05, 0.1) is 57.3 Å². The van der Waals surface area contributed by atoms with Crippen LogP contribution in [-0.4, -0.2) is 163 Å². The van der Waals surface area contributed by atoms with Gasteiger partial charge >= 0.3 is 12.2 Å². The molecule has 32 nitrogen and oxygen atoms in total. The first-order valence-electron chi connectivity index (χ1n) is 38.3. The summed E-state index contributed by atoms with van der Waals surface area (Å²) in [5, 5.41) is 49.1. The molecule has 35 heteroatoms. The zero-order chi connectivity index (χ0) is 79.7. The zero-order valence-electron chi connectivity index (χ0n) is 64.4. The minimum Gasteiger partial charge on any atom is -0.444 e. The first-order chi connectivity index (χ1) is 55.2. The molecule has 2 amide bonds. The number of hydrogen-bond donors (Lipinski definition) is 6. The quantitative estimate of drug-likeness (QED) is 0.0461. The van der Waals surface area contributed by atoms with E-state index in [1.807, 2.05) is 133 Å². The highest BCUT2D eigenvalue weighted by atomic mass is 35.5.